The van der Waals surface area contributed by atoms with Gasteiger partial charge in [0.2, 0.25) is 0 Å². The predicted octanol–water partition coefficient (Wildman–Crippen LogP) is 4.02. The Labute approximate surface area is 139 Å². The molecule has 1 heterocycles. The lowest BCUT2D eigenvalue weighted by Gasteiger charge is -2.44. The topological polar surface area (TPSA) is 46.7 Å². The zero-order valence-corrected chi connectivity index (χ0v) is 14.7. The number of allylic oxidation sites excluding steroid dienone is 3. The van der Waals surface area contributed by atoms with Crippen LogP contribution in [0.3, 0.4) is 0 Å². The molecule has 3 rings (SSSR count). The van der Waals surface area contributed by atoms with Gasteiger partial charge in [0, 0.05) is 11.5 Å². The molecule has 3 heteroatoms. The van der Waals surface area contributed by atoms with Gasteiger partial charge in [-0.05, 0) is 57.3 Å². The molecule has 0 saturated carbocycles. The van der Waals surface area contributed by atoms with Gasteiger partial charge in [0.25, 0.3) is 0 Å². The minimum Gasteiger partial charge on any atom is -0.358 e. The molecule has 3 aliphatic rings. The van der Waals surface area contributed by atoms with Gasteiger partial charge in [-0.25, -0.2) is 0 Å². The van der Waals surface area contributed by atoms with Gasteiger partial charge in [-0.15, -0.1) is 0 Å². The highest BCUT2D eigenvalue weighted by molar-refractivity contribution is 6.04. The molecule has 0 radical (unpaired) electrons. The Hall–Kier alpha value is -1.22. The van der Waals surface area contributed by atoms with Crippen LogP contribution < -0.4 is 0 Å². The molecule has 0 N–H and O–H groups in total. The number of carbonyl (C=O) groups excluding carboxylic acids is 2. The molecule has 1 unspecified atom stereocenters. The van der Waals surface area contributed by atoms with E-state index >= 15 is 0 Å². The molecule has 0 amide bonds. The third kappa shape index (κ3) is 2.73. The average Bonchev–Trinajstić information content (AvgIpc) is 3.18. The van der Waals surface area contributed by atoms with E-state index in [-0.39, 0.29) is 28.8 Å². The summed E-state index contributed by atoms with van der Waals surface area (Å²) in [6.45, 7) is 8.58. The summed E-state index contributed by atoms with van der Waals surface area (Å²) in [4.78, 5) is 24.9. The van der Waals surface area contributed by atoms with E-state index in [1.165, 1.54) is 5.57 Å². The molecule has 0 aromatic heterocycles. The van der Waals surface area contributed by atoms with Gasteiger partial charge < -0.3 is 9.53 Å². The SMILES string of the molecule is C/C1=C\CCC2(C)O[C@@H]2C(=O)C2=CC[C@@H](C)[C@](C)(CC1)[C@H]2C=O. The second-order valence-corrected chi connectivity index (χ2v) is 8.18. The second-order valence-electron chi connectivity index (χ2n) is 8.18. The molecule has 1 saturated heterocycles. The molecule has 0 spiro atoms. The fraction of sp³-hybridized carbons (Fsp3) is 0.700. The van der Waals surface area contributed by atoms with Crippen molar-refractivity contribution < 1.29 is 14.3 Å². The maximum Gasteiger partial charge on any atom is 0.190 e. The van der Waals surface area contributed by atoms with E-state index in [9.17, 15) is 9.59 Å². The average molecular weight is 316 g/mol. The number of hydrogen-bond acceptors (Lipinski definition) is 3. The Bertz CT molecular complexity index is 588. The summed E-state index contributed by atoms with van der Waals surface area (Å²) in [5, 5.41) is 0. The van der Waals surface area contributed by atoms with Crippen LogP contribution in [0.15, 0.2) is 23.3 Å². The van der Waals surface area contributed by atoms with E-state index in [0.29, 0.717) is 11.5 Å². The number of ether oxygens (including phenoxy) is 1. The summed E-state index contributed by atoms with van der Waals surface area (Å²) < 4.78 is 5.77. The van der Waals surface area contributed by atoms with Crippen LogP contribution in [0.2, 0.25) is 0 Å². The quantitative estimate of drug-likeness (QED) is 0.417. The number of Topliss-reactive ketones (excluding diaryl/α,β-unsaturated/α-hetero) is 1. The number of carbonyl (C=O) groups is 2. The molecule has 2 bridgehead atoms. The van der Waals surface area contributed by atoms with Crippen molar-refractivity contribution in [1.29, 1.82) is 0 Å². The summed E-state index contributed by atoms with van der Waals surface area (Å²) in [5.74, 6) is 0.139. The van der Waals surface area contributed by atoms with E-state index in [4.69, 9.17) is 4.74 Å². The number of epoxide rings is 1. The predicted molar refractivity (Wildman–Crippen MR) is 90.0 cm³/mol. The van der Waals surface area contributed by atoms with Crippen LogP contribution in [0.25, 0.3) is 0 Å². The number of hydrogen-bond donors (Lipinski definition) is 0. The molecule has 2 aliphatic carbocycles. The van der Waals surface area contributed by atoms with Crippen molar-refractivity contribution in [3.05, 3.63) is 23.3 Å². The lowest BCUT2D eigenvalue weighted by atomic mass is 9.59. The van der Waals surface area contributed by atoms with Crippen LogP contribution >= 0.6 is 0 Å². The molecule has 126 valence electrons. The van der Waals surface area contributed by atoms with Crippen molar-refractivity contribution in [2.24, 2.45) is 17.3 Å². The minimum atomic E-state index is -0.359. The Kier molecular flexibility index (Phi) is 4.12. The fourth-order valence-electron chi connectivity index (χ4n) is 4.33. The van der Waals surface area contributed by atoms with Gasteiger partial charge in [0.05, 0.1) is 0 Å². The number of fused-ring (bicyclic) bond motifs is 3. The van der Waals surface area contributed by atoms with E-state index < -0.39 is 0 Å². The summed E-state index contributed by atoms with van der Waals surface area (Å²) in [7, 11) is 0. The van der Waals surface area contributed by atoms with Gasteiger partial charge in [-0.1, -0.05) is 31.6 Å². The van der Waals surface area contributed by atoms with E-state index in [1.54, 1.807) is 0 Å². The van der Waals surface area contributed by atoms with Crippen molar-refractivity contribution >= 4 is 12.1 Å². The molecule has 5 atom stereocenters. The highest BCUT2D eigenvalue weighted by Gasteiger charge is 2.58. The summed E-state index contributed by atoms with van der Waals surface area (Å²) >= 11 is 0. The molecule has 3 nitrogen and oxygen atoms in total. The van der Waals surface area contributed by atoms with Crippen LogP contribution in [-0.4, -0.2) is 23.8 Å². The van der Waals surface area contributed by atoms with Crippen molar-refractivity contribution in [2.75, 3.05) is 0 Å². The molecule has 1 fully saturated rings. The van der Waals surface area contributed by atoms with Crippen LogP contribution in [-0.2, 0) is 14.3 Å². The molecule has 0 aromatic carbocycles. The minimum absolute atomic E-state index is 0.0454. The maximum absolute atomic E-state index is 12.9. The number of aldehydes is 1. The van der Waals surface area contributed by atoms with Crippen LogP contribution in [0, 0.1) is 17.3 Å². The fourth-order valence-corrected chi connectivity index (χ4v) is 4.33. The number of rotatable bonds is 1. The monoisotopic (exact) mass is 316 g/mol. The van der Waals surface area contributed by atoms with Gasteiger partial charge in [0.1, 0.15) is 18.0 Å². The smallest absolute Gasteiger partial charge is 0.190 e. The zero-order chi connectivity index (χ0) is 16.8. The normalized spacial score (nSPS) is 46.4. The van der Waals surface area contributed by atoms with Gasteiger partial charge in [-0.3, -0.25) is 4.79 Å². The summed E-state index contributed by atoms with van der Waals surface area (Å²) in [6.07, 6.45) is 9.56. The Balaban J connectivity index is 2.01. The molecular weight excluding hydrogens is 288 g/mol. The van der Waals surface area contributed by atoms with Gasteiger partial charge in [0.15, 0.2) is 5.78 Å². The van der Waals surface area contributed by atoms with Crippen LogP contribution in [0.4, 0.5) is 0 Å². The zero-order valence-electron chi connectivity index (χ0n) is 14.7. The molecule has 1 aliphatic heterocycles. The standard InChI is InChI=1S/C20H28O3/c1-13-6-5-10-20(4)18(23-20)17(22)15-8-7-14(2)19(3,11-9-13)16(15)12-21/h6,8,12,14,16,18H,5,7,9-11H2,1-4H3/b13-6+/t14-,16+,18-,19+,20?/m1/s1. The Morgan fingerprint density at radius 3 is 2.70 bits per heavy atom. The van der Waals surface area contributed by atoms with Gasteiger partial charge in [-0.2, -0.15) is 0 Å². The summed E-state index contributed by atoms with van der Waals surface area (Å²) in [6, 6.07) is 0. The van der Waals surface area contributed by atoms with E-state index in [2.05, 4.69) is 26.8 Å². The lowest BCUT2D eigenvalue weighted by molar-refractivity contribution is -0.122. The van der Waals surface area contributed by atoms with E-state index in [1.807, 2.05) is 13.0 Å². The van der Waals surface area contributed by atoms with Crippen LogP contribution in [0.5, 0.6) is 0 Å². The van der Waals surface area contributed by atoms with Gasteiger partial charge >= 0.3 is 0 Å². The van der Waals surface area contributed by atoms with Crippen molar-refractivity contribution in [3.63, 3.8) is 0 Å². The Morgan fingerprint density at radius 1 is 1.26 bits per heavy atom. The summed E-state index contributed by atoms with van der Waals surface area (Å²) in [5.41, 5.74) is 1.59. The van der Waals surface area contributed by atoms with Crippen LogP contribution in [0.1, 0.15) is 59.8 Å². The first kappa shape index (κ1) is 16.6. The number of ketones is 1. The van der Waals surface area contributed by atoms with Crippen molar-refractivity contribution in [3.8, 4) is 0 Å². The molecule has 0 aromatic rings. The third-order valence-electron chi connectivity index (χ3n) is 6.60. The maximum atomic E-state index is 12.9. The van der Waals surface area contributed by atoms with Crippen molar-refractivity contribution in [2.45, 2.75) is 71.5 Å². The first-order valence-corrected chi connectivity index (χ1v) is 8.85. The first-order chi connectivity index (χ1) is 10.8. The second kappa shape index (κ2) is 5.70. The lowest BCUT2D eigenvalue weighted by Crippen LogP contribution is -2.42. The van der Waals surface area contributed by atoms with Crippen molar-refractivity contribution in [1.82, 2.24) is 0 Å². The Morgan fingerprint density at radius 2 is 2.00 bits per heavy atom. The third-order valence-corrected chi connectivity index (χ3v) is 6.60. The highest BCUT2D eigenvalue weighted by Crippen LogP contribution is 2.51. The highest BCUT2D eigenvalue weighted by atomic mass is 16.6. The first-order valence-electron chi connectivity index (χ1n) is 8.85. The largest absolute Gasteiger partial charge is 0.358 e. The van der Waals surface area contributed by atoms with E-state index in [0.717, 1.165) is 38.4 Å². The molecule has 23 heavy (non-hydrogen) atoms. The molecular formula is C20H28O3.